The summed E-state index contributed by atoms with van der Waals surface area (Å²) in [5.41, 5.74) is 3.00. The van der Waals surface area contributed by atoms with Gasteiger partial charge in [0.05, 0.1) is 4.92 Å². The molecule has 0 spiro atoms. The second-order valence-electron chi connectivity index (χ2n) is 4.99. The molecule has 0 aliphatic carbocycles. The van der Waals surface area contributed by atoms with Gasteiger partial charge in [0.15, 0.2) is 0 Å². The van der Waals surface area contributed by atoms with E-state index in [1.54, 1.807) is 25.1 Å². The number of nitrogens with one attached hydrogen (secondary N) is 1. The van der Waals surface area contributed by atoms with Crippen molar-refractivity contribution in [1.82, 2.24) is 0 Å². The van der Waals surface area contributed by atoms with Gasteiger partial charge in [0.2, 0.25) is 5.91 Å². The third-order valence-electron chi connectivity index (χ3n) is 3.18. The van der Waals surface area contributed by atoms with Gasteiger partial charge in [-0.3, -0.25) is 14.9 Å². The van der Waals surface area contributed by atoms with Crippen molar-refractivity contribution in [3.63, 3.8) is 0 Å². The average molecular weight is 296 g/mol. The SMILES string of the molecule is Cc1ccc(C=CC(=O)Nc2ccc(C)c([N+](=O)[O-])c2)cc1. The summed E-state index contributed by atoms with van der Waals surface area (Å²) in [6, 6.07) is 12.3. The lowest BCUT2D eigenvalue weighted by atomic mass is 10.1. The highest BCUT2D eigenvalue weighted by atomic mass is 16.6. The van der Waals surface area contributed by atoms with E-state index in [9.17, 15) is 14.9 Å². The Morgan fingerprint density at radius 2 is 1.82 bits per heavy atom. The summed E-state index contributed by atoms with van der Waals surface area (Å²) in [4.78, 5) is 22.3. The molecule has 0 aliphatic rings. The molecule has 1 N–H and O–H groups in total. The monoisotopic (exact) mass is 296 g/mol. The highest BCUT2D eigenvalue weighted by molar-refractivity contribution is 6.02. The number of hydrogen-bond acceptors (Lipinski definition) is 3. The van der Waals surface area contributed by atoms with Gasteiger partial charge < -0.3 is 5.32 Å². The number of nitro groups is 1. The zero-order valence-corrected chi connectivity index (χ0v) is 12.4. The molecule has 5 nitrogen and oxygen atoms in total. The first-order chi connectivity index (χ1) is 10.5. The van der Waals surface area contributed by atoms with Crippen LogP contribution in [0.2, 0.25) is 0 Å². The van der Waals surface area contributed by atoms with E-state index in [2.05, 4.69) is 5.32 Å². The van der Waals surface area contributed by atoms with Gasteiger partial charge >= 0.3 is 0 Å². The Hall–Kier alpha value is -2.95. The predicted molar refractivity (Wildman–Crippen MR) is 86.7 cm³/mol. The van der Waals surface area contributed by atoms with E-state index in [1.165, 1.54) is 12.1 Å². The molecule has 0 fully saturated rings. The minimum atomic E-state index is -0.465. The lowest BCUT2D eigenvalue weighted by Gasteiger charge is -2.03. The molecular formula is C17H16N2O3. The first kappa shape index (κ1) is 15.4. The van der Waals surface area contributed by atoms with E-state index < -0.39 is 4.92 Å². The summed E-state index contributed by atoms with van der Waals surface area (Å²) in [5.74, 6) is -0.335. The normalized spacial score (nSPS) is 10.6. The van der Waals surface area contributed by atoms with Crippen LogP contribution >= 0.6 is 0 Å². The number of carbonyl (C=O) groups is 1. The maximum atomic E-state index is 11.9. The van der Waals surface area contributed by atoms with Crippen LogP contribution in [0.25, 0.3) is 6.08 Å². The second-order valence-corrected chi connectivity index (χ2v) is 4.99. The summed E-state index contributed by atoms with van der Waals surface area (Å²) in [5, 5.41) is 13.5. The summed E-state index contributed by atoms with van der Waals surface area (Å²) < 4.78 is 0. The molecule has 2 aromatic carbocycles. The van der Waals surface area contributed by atoms with Crippen molar-refractivity contribution in [3.8, 4) is 0 Å². The Kier molecular flexibility index (Phi) is 4.68. The van der Waals surface area contributed by atoms with Crippen LogP contribution in [0.4, 0.5) is 11.4 Å². The summed E-state index contributed by atoms with van der Waals surface area (Å²) >= 11 is 0. The molecule has 0 saturated carbocycles. The number of anilines is 1. The van der Waals surface area contributed by atoms with Crippen LogP contribution in [0.5, 0.6) is 0 Å². The molecule has 22 heavy (non-hydrogen) atoms. The molecule has 0 aliphatic heterocycles. The maximum absolute atomic E-state index is 11.9. The van der Waals surface area contributed by atoms with Crippen LogP contribution in [0.1, 0.15) is 16.7 Å². The van der Waals surface area contributed by atoms with E-state index in [0.29, 0.717) is 11.3 Å². The Morgan fingerprint density at radius 3 is 2.45 bits per heavy atom. The minimum absolute atomic E-state index is 0.0136. The highest BCUT2D eigenvalue weighted by Gasteiger charge is 2.11. The van der Waals surface area contributed by atoms with Crippen molar-refractivity contribution in [1.29, 1.82) is 0 Å². The first-order valence-electron chi connectivity index (χ1n) is 6.76. The maximum Gasteiger partial charge on any atom is 0.274 e. The largest absolute Gasteiger partial charge is 0.322 e. The molecule has 0 heterocycles. The molecule has 0 radical (unpaired) electrons. The second kappa shape index (κ2) is 6.67. The van der Waals surface area contributed by atoms with Gasteiger partial charge in [-0.1, -0.05) is 35.9 Å². The Labute approximate surface area is 128 Å². The van der Waals surface area contributed by atoms with Crippen molar-refractivity contribution >= 4 is 23.4 Å². The first-order valence-corrected chi connectivity index (χ1v) is 6.76. The van der Waals surface area contributed by atoms with E-state index in [0.717, 1.165) is 11.1 Å². The van der Waals surface area contributed by atoms with Gasteiger partial charge in [0.1, 0.15) is 0 Å². The predicted octanol–water partition coefficient (Wildman–Crippen LogP) is 3.86. The topological polar surface area (TPSA) is 72.2 Å². The number of nitrogens with zero attached hydrogens (tertiary/aromatic N) is 1. The number of carbonyl (C=O) groups excluding carboxylic acids is 1. The molecular weight excluding hydrogens is 280 g/mol. The van der Waals surface area contributed by atoms with Crippen LogP contribution in [0, 0.1) is 24.0 Å². The van der Waals surface area contributed by atoms with Gasteiger partial charge in [-0.15, -0.1) is 0 Å². The molecule has 0 aromatic heterocycles. The molecule has 2 aromatic rings. The summed E-state index contributed by atoms with van der Waals surface area (Å²) in [6.07, 6.45) is 3.09. The summed E-state index contributed by atoms with van der Waals surface area (Å²) in [7, 11) is 0. The van der Waals surface area contributed by atoms with E-state index in [1.807, 2.05) is 31.2 Å². The fraction of sp³-hybridized carbons (Fsp3) is 0.118. The number of rotatable bonds is 4. The average Bonchev–Trinajstić information content (AvgIpc) is 2.48. The lowest BCUT2D eigenvalue weighted by molar-refractivity contribution is -0.385. The summed E-state index contributed by atoms with van der Waals surface area (Å²) in [6.45, 7) is 3.64. The van der Waals surface area contributed by atoms with E-state index >= 15 is 0 Å². The number of aryl methyl sites for hydroxylation is 2. The zero-order valence-electron chi connectivity index (χ0n) is 12.4. The van der Waals surface area contributed by atoms with E-state index in [4.69, 9.17) is 0 Å². The van der Waals surface area contributed by atoms with Gasteiger partial charge in [0.25, 0.3) is 5.69 Å². The molecule has 0 bridgehead atoms. The quantitative estimate of drug-likeness (QED) is 0.529. The Bertz CT molecular complexity index is 734. The molecule has 0 atom stereocenters. The Balaban J connectivity index is 2.07. The zero-order chi connectivity index (χ0) is 16.1. The third-order valence-corrected chi connectivity index (χ3v) is 3.18. The van der Waals surface area contributed by atoms with Crippen LogP contribution in [-0.2, 0) is 4.79 Å². The molecule has 0 saturated heterocycles. The van der Waals surface area contributed by atoms with E-state index in [-0.39, 0.29) is 11.6 Å². The molecule has 112 valence electrons. The standard InChI is InChI=1S/C17H16N2O3/c1-12-3-6-14(7-4-12)8-10-17(20)18-15-9-5-13(2)16(11-15)19(21)22/h3-11H,1-2H3,(H,18,20). The molecule has 1 amide bonds. The van der Waals surface area contributed by atoms with Gasteiger partial charge in [-0.2, -0.15) is 0 Å². The third kappa shape index (κ3) is 4.02. The number of nitro benzene ring substituents is 1. The van der Waals surface area contributed by atoms with Gasteiger partial charge in [-0.05, 0) is 31.6 Å². The fourth-order valence-corrected chi connectivity index (χ4v) is 1.92. The molecule has 2 rings (SSSR count). The Morgan fingerprint density at radius 1 is 1.14 bits per heavy atom. The molecule has 5 heteroatoms. The number of benzene rings is 2. The van der Waals surface area contributed by atoms with Crippen molar-refractivity contribution in [2.45, 2.75) is 13.8 Å². The van der Waals surface area contributed by atoms with Crippen LogP contribution in [-0.4, -0.2) is 10.8 Å². The van der Waals surface area contributed by atoms with Crippen LogP contribution in [0.3, 0.4) is 0 Å². The van der Waals surface area contributed by atoms with Crippen LogP contribution in [0.15, 0.2) is 48.5 Å². The number of amides is 1. The number of hydrogen-bond donors (Lipinski definition) is 1. The van der Waals surface area contributed by atoms with Gasteiger partial charge in [-0.25, -0.2) is 0 Å². The minimum Gasteiger partial charge on any atom is -0.322 e. The van der Waals surface area contributed by atoms with Crippen molar-refractivity contribution < 1.29 is 9.72 Å². The van der Waals surface area contributed by atoms with Crippen LogP contribution < -0.4 is 5.32 Å². The lowest BCUT2D eigenvalue weighted by Crippen LogP contribution is -2.08. The van der Waals surface area contributed by atoms with Gasteiger partial charge in [0, 0.05) is 23.4 Å². The van der Waals surface area contributed by atoms with Crippen molar-refractivity contribution in [2.75, 3.05) is 5.32 Å². The smallest absolute Gasteiger partial charge is 0.274 e. The fourth-order valence-electron chi connectivity index (χ4n) is 1.92. The van der Waals surface area contributed by atoms with Crippen molar-refractivity contribution in [2.24, 2.45) is 0 Å². The molecule has 0 unspecified atom stereocenters. The van der Waals surface area contributed by atoms with Crippen molar-refractivity contribution in [3.05, 3.63) is 75.3 Å². The highest BCUT2D eigenvalue weighted by Crippen LogP contribution is 2.22.